The molecular formula is C26H25FN2O4. The van der Waals surface area contributed by atoms with E-state index in [0.29, 0.717) is 42.3 Å². The number of nitrogens with zero attached hydrogens (tertiary/aromatic N) is 1. The van der Waals surface area contributed by atoms with Gasteiger partial charge in [0.1, 0.15) is 17.3 Å². The van der Waals surface area contributed by atoms with Gasteiger partial charge >= 0.3 is 0 Å². The molecule has 1 aliphatic rings. The van der Waals surface area contributed by atoms with Gasteiger partial charge in [-0.1, -0.05) is 18.2 Å². The summed E-state index contributed by atoms with van der Waals surface area (Å²) in [7, 11) is 1.55. The van der Waals surface area contributed by atoms with Crippen LogP contribution in [0.25, 0.3) is 0 Å². The van der Waals surface area contributed by atoms with Gasteiger partial charge in [0.2, 0.25) is 0 Å². The van der Waals surface area contributed by atoms with Crippen molar-refractivity contribution < 1.29 is 23.5 Å². The zero-order valence-electron chi connectivity index (χ0n) is 18.5. The Labute approximate surface area is 191 Å². The number of halogens is 1. The van der Waals surface area contributed by atoms with Gasteiger partial charge < -0.3 is 19.7 Å². The van der Waals surface area contributed by atoms with Crippen molar-refractivity contribution in [3.8, 4) is 11.5 Å². The lowest BCUT2D eigenvalue weighted by Crippen LogP contribution is -2.39. The van der Waals surface area contributed by atoms with Gasteiger partial charge in [-0.15, -0.1) is 0 Å². The lowest BCUT2D eigenvalue weighted by molar-refractivity contribution is -0.137. The van der Waals surface area contributed by atoms with Crippen LogP contribution in [0.15, 0.2) is 66.7 Å². The first-order valence-corrected chi connectivity index (χ1v) is 10.7. The van der Waals surface area contributed by atoms with Crippen LogP contribution in [0.5, 0.6) is 11.5 Å². The van der Waals surface area contributed by atoms with Gasteiger partial charge in [-0.3, -0.25) is 9.59 Å². The average Bonchev–Trinajstić information content (AvgIpc) is 2.94. The third-order valence-electron chi connectivity index (χ3n) is 5.56. The summed E-state index contributed by atoms with van der Waals surface area (Å²) in [4.78, 5) is 27.3. The molecule has 3 aromatic rings. The molecule has 1 N–H and O–H groups in total. The number of nitrogens with one attached hydrogen (secondary N) is 1. The first-order valence-electron chi connectivity index (χ1n) is 10.7. The minimum atomic E-state index is -0.628. The zero-order valence-corrected chi connectivity index (χ0v) is 18.5. The molecule has 6 nitrogen and oxygen atoms in total. The molecule has 33 heavy (non-hydrogen) atoms. The summed E-state index contributed by atoms with van der Waals surface area (Å²) < 4.78 is 24.2. The second kappa shape index (κ2) is 9.73. The monoisotopic (exact) mass is 448 g/mol. The van der Waals surface area contributed by atoms with Crippen LogP contribution in [-0.4, -0.2) is 36.5 Å². The summed E-state index contributed by atoms with van der Waals surface area (Å²) in [6.07, 6.45) is -0.0305. The van der Waals surface area contributed by atoms with Crippen molar-refractivity contribution in [3.05, 3.63) is 89.2 Å². The van der Waals surface area contributed by atoms with Crippen LogP contribution in [-0.2, 0) is 17.8 Å². The molecule has 0 aromatic heterocycles. The van der Waals surface area contributed by atoms with Crippen LogP contribution < -0.4 is 14.8 Å². The molecule has 0 bridgehead atoms. The number of amides is 2. The molecule has 0 unspecified atom stereocenters. The fourth-order valence-electron chi connectivity index (χ4n) is 3.75. The maximum absolute atomic E-state index is 13.2. The molecule has 0 spiro atoms. The lowest BCUT2D eigenvalue weighted by Gasteiger charge is -2.22. The molecule has 0 radical (unpaired) electrons. The van der Waals surface area contributed by atoms with E-state index in [2.05, 4.69) is 5.32 Å². The van der Waals surface area contributed by atoms with Gasteiger partial charge in [-0.2, -0.15) is 0 Å². The fourth-order valence-corrected chi connectivity index (χ4v) is 3.75. The van der Waals surface area contributed by atoms with Crippen LogP contribution in [0, 0.1) is 5.82 Å². The molecule has 0 aliphatic carbocycles. The molecule has 0 saturated heterocycles. The molecule has 0 fully saturated rings. The Morgan fingerprint density at radius 2 is 1.94 bits per heavy atom. The maximum Gasteiger partial charge on any atom is 0.263 e. The van der Waals surface area contributed by atoms with Gasteiger partial charge in [0.25, 0.3) is 11.8 Å². The Morgan fingerprint density at radius 1 is 1.15 bits per heavy atom. The van der Waals surface area contributed by atoms with Crippen LogP contribution in [0.4, 0.5) is 10.1 Å². The predicted octanol–water partition coefficient (Wildman–Crippen LogP) is 4.44. The first-order chi connectivity index (χ1) is 15.9. The second-order valence-electron chi connectivity index (χ2n) is 7.90. The summed E-state index contributed by atoms with van der Waals surface area (Å²) in [6, 6.07) is 18.5. The summed E-state index contributed by atoms with van der Waals surface area (Å²) in [5, 5.41) is 2.89. The van der Waals surface area contributed by atoms with Gasteiger partial charge in [-0.25, -0.2) is 4.39 Å². The van der Waals surface area contributed by atoms with Crippen molar-refractivity contribution in [1.29, 1.82) is 0 Å². The number of hydrogen-bond donors (Lipinski definition) is 1. The van der Waals surface area contributed by atoms with Crippen LogP contribution in [0.2, 0.25) is 0 Å². The molecule has 7 heteroatoms. The molecule has 170 valence electrons. The largest absolute Gasteiger partial charge is 0.497 e. The quantitative estimate of drug-likeness (QED) is 0.606. The number of anilines is 1. The van der Waals surface area contributed by atoms with Crippen molar-refractivity contribution >= 4 is 17.5 Å². The van der Waals surface area contributed by atoms with Gasteiger partial charge in [0.05, 0.1) is 7.11 Å². The summed E-state index contributed by atoms with van der Waals surface area (Å²) in [6.45, 7) is 2.54. The number of benzene rings is 3. The minimum absolute atomic E-state index is 0.115. The highest BCUT2D eigenvalue weighted by molar-refractivity contribution is 6.04. The molecule has 1 aliphatic heterocycles. The second-order valence-corrected chi connectivity index (χ2v) is 7.90. The molecule has 0 saturated carbocycles. The SMILES string of the molecule is COc1cccc(C(=O)Nc2ccc3c(c2)CN(CCc2ccc(F)cc2)C(=O)[C@H](C)O3)c1. The fraction of sp³-hybridized carbons (Fsp3) is 0.231. The van der Waals surface area contributed by atoms with E-state index in [-0.39, 0.29) is 17.6 Å². The summed E-state index contributed by atoms with van der Waals surface area (Å²) in [5.41, 5.74) is 2.83. The van der Waals surface area contributed by atoms with Gasteiger partial charge in [-0.05, 0) is 67.4 Å². The van der Waals surface area contributed by atoms with Crippen LogP contribution >= 0.6 is 0 Å². The van der Waals surface area contributed by atoms with Gasteiger partial charge in [0, 0.05) is 29.9 Å². The lowest BCUT2D eigenvalue weighted by atomic mass is 10.1. The Hall–Kier alpha value is -3.87. The molecule has 1 heterocycles. The highest BCUT2D eigenvalue weighted by Crippen LogP contribution is 2.29. The smallest absolute Gasteiger partial charge is 0.263 e. The molecule has 3 aromatic carbocycles. The molecule has 1 atom stereocenters. The van der Waals surface area contributed by atoms with Crippen LogP contribution in [0.1, 0.15) is 28.4 Å². The Kier molecular flexibility index (Phi) is 6.58. The highest BCUT2D eigenvalue weighted by Gasteiger charge is 2.28. The third-order valence-corrected chi connectivity index (χ3v) is 5.56. The number of hydrogen-bond acceptors (Lipinski definition) is 4. The zero-order chi connectivity index (χ0) is 23.4. The van der Waals surface area contributed by atoms with Crippen molar-refractivity contribution in [3.63, 3.8) is 0 Å². The number of carbonyl (C=O) groups is 2. The minimum Gasteiger partial charge on any atom is -0.497 e. The number of fused-ring (bicyclic) bond motifs is 1. The Morgan fingerprint density at radius 3 is 2.70 bits per heavy atom. The van der Waals surface area contributed by atoms with Crippen molar-refractivity contribution in [2.75, 3.05) is 19.0 Å². The standard InChI is InChI=1S/C26H25FN2O4/c1-17-26(31)29(13-12-18-6-8-21(27)9-7-18)16-20-14-22(10-11-24(20)33-17)28-25(30)19-4-3-5-23(15-19)32-2/h3-11,14-15,17H,12-13,16H2,1-2H3,(H,28,30)/t17-/m0/s1. The molecule has 2 amide bonds. The predicted molar refractivity (Wildman–Crippen MR) is 123 cm³/mol. The van der Waals surface area contributed by atoms with Crippen LogP contribution in [0.3, 0.4) is 0 Å². The molecular weight excluding hydrogens is 423 g/mol. The van der Waals surface area contributed by atoms with Crippen molar-refractivity contribution in [2.24, 2.45) is 0 Å². The normalized spacial score (nSPS) is 15.3. The molecule has 4 rings (SSSR count). The summed E-state index contributed by atoms with van der Waals surface area (Å²) >= 11 is 0. The van der Waals surface area contributed by atoms with E-state index >= 15 is 0 Å². The number of rotatable bonds is 6. The first kappa shape index (κ1) is 22.3. The van der Waals surface area contributed by atoms with E-state index in [1.807, 2.05) is 6.07 Å². The van der Waals surface area contributed by atoms with E-state index in [1.54, 1.807) is 67.5 Å². The number of methoxy groups -OCH3 is 1. The highest BCUT2D eigenvalue weighted by atomic mass is 19.1. The van der Waals surface area contributed by atoms with Gasteiger partial charge in [0.15, 0.2) is 6.10 Å². The van der Waals surface area contributed by atoms with E-state index in [9.17, 15) is 14.0 Å². The van der Waals surface area contributed by atoms with E-state index in [4.69, 9.17) is 9.47 Å². The Bertz CT molecular complexity index is 1160. The third kappa shape index (κ3) is 5.31. The topological polar surface area (TPSA) is 67.9 Å². The maximum atomic E-state index is 13.2. The van der Waals surface area contributed by atoms with Crippen molar-refractivity contribution in [2.45, 2.75) is 26.0 Å². The van der Waals surface area contributed by atoms with E-state index in [0.717, 1.165) is 11.1 Å². The van der Waals surface area contributed by atoms with E-state index in [1.165, 1.54) is 12.1 Å². The number of carbonyl (C=O) groups excluding carboxylic acids is 2. The summed E-state index contributed by atoms with van der Waals surface area (Å²) in [5.74, 6) is 0.544. The average molecular weight is 448 g/mol. The van der Waals surface area contributed by atoms with E-state index < -0.39 is 6.10 Å². The Balaban J connectivity index is 1.50. The number of ether oxygens (including phenoxy) is 2. The van der Waals surface area contributed by atoms with Crippen molar-refractivity contribution in [1.82, 2.24) is 4.90 Å².